The number of fused-ring (bicyclic) bond motifs is 6. The molecule has 1 fully saturated rings. The van der Waals surface area contributed by atoms with Crippen LogP contribution in [0.1, 0.15) is 42.2 Å². The number of hydrogen-bond acceptors (Lipinski definition) is 7. The number of nitrogens with zero attached hydrogens (tertiary/aromatic N) is 2. The number of halogens is 3. The lowest BCUT2D eigenvalue weighted by Crippen LogP contribution is -2.50. The largest absolute Gasteiger partial charge is 0.534 e. The first-order valence-electron chi connectivity index (χ1n) is 9.65. The van der Waals surface area contributed by atoms with E-state index < -0.39 is 56.0 Å². The molecule has 0 radical (unpaired) electrons. The predicted molar refractivity (Wildman–Crippen MR) is 109 cm³/mol. The second-order valence-electron chi connectivity index (χ2n) is 8.40. The lowest BCUT2D eigenvalue weighted by Gasteiger charge is -2.44. The summed E-state index contributed by atoms with van der Waals surface area (Å²) in [6, 6.07) is 4.04. The van der Waals surface area contributed by atoms with Crippen molar-refractivity contribution in [2.45, 2.75) is 43.5 Å². The van der Waals surface area contributed by atoms with Crippen molar-refractivity contribution >= 4 is 16.1 Å². The van der Waals surface area contributed by atoms with Gasteiger partial charge in [0.05, 0.1) is 23.4 Å². The van der Waals surface area contributed by atoms with Gasteiger partial charge in [0.1, 0.15) is 11.3 Å². The fraction of sp³-hybridized carbons (Fsp3) is 0.400. The van der Waals surface area contributed by atoms with Crippen molar-refractivity contribution in [2.75, 3.05) is 12.1 Å². The molecule has 178 valence electrons. The zero-order valence-electron chi connectivity index (χ0n) is 17.6. The van der Waals surface area contributed by atoms with E-state index in [1.54, 1.807) is 5.01 Å². The average molecular weight is 488 g/mol. The first kappa shape index (κ1) is 23.1. The fourth-order valence-electron chi connectivity index (χ4n) is 4.51. The van der Waals surface area contributed by atoms with Gasteiger partial charge in [-0.3, -0.25) is 14.5 Å². The number of carboxylic acids is 1. The number of carbonyl (C=O) groups is 1. The van der Waals surface area contributed by atoms with Crippen molar-refractivity contribution in [1.29, 1.82) is 0 Å². The number of pyridine rings is 1. The van der Waals surface area contributed by atoms with Crippen molar-refractivity contribution < 1.29 is 40.4 Å². The molecule has 13 heteroatoms. The number of ether oxygens (including phenoxy) is 1. The first-order valence-corrected chi connectivity index (χ1v) is 11.1. The first-order chi connectivity index (χ1) is 15.2. The molecule has 1 aromatic carbocycles. The fourth-order valence-corrected chi connectivity index (χ4v) is 4.96. The molecule has 2 atom stereocenters. The van der Waals surface area contributed by atoms with Gasteiger partial charge in [-0.05, 0) is 37.6 Å². The van der Waals surface area contributed by atoms with E-state index >= 15 is 0 Å². The molecule has 0 aliphatic carbocycles. The Morgan fingerprint density at radius 1 is 1.24 bits per heavy atom. The van der Waals surface area contributed by atoms with Crippen molar-refractivity contribution in [3.05, 3.63) is 51.8 Å². The Morgan fingerprint density at radius 3 is 2.48 bits per heavy atom. The number of rotatable bonds is 4. The zero-order chi connectivity index (χ0) is 24.5. The second-order valence-corrected chi connectivity index (χ2v) is 9.94. The molecule has 0 amide bonds. The molecular weight excluding hydrogens is 469 g/mol. The van der Waals surface area contributed by atoms with Gasteiger partial charge in [0.15, 0.2) is 5.43 Å². The molecule has 2 unspecified atom stereocenters. The van der Waals surface area contributed by atoms with Gasteiger partial charge in [-0.1, -0.05) is 0 Å². The van der Waals surface area contributed by atoms with Crippen LogP contribution in [0.15, 0.2) is 35.3 Å². The monoisotopic (exact) mass is 488 g/mol. The van der Waals surface area contributed by atoms with Gasteiger partial charge >= 0.3 is 21.6 Å². The number of carboxylic acid groups (broad SMARTS) is 1. The Bertz CT molecular complexity index is 1320. The summed E-state index contributed by atoms with van der Waals surface area (Å²) in [7, 11) is -4.43. The number of benzene rings is 1. The highest BCUT2D eigenvalue weighted by Gasteiger charge is 2.52. The summed E-state index contributed by atoms with van der Waals surface area (Å²) in [5, 5.41) is 11.2. The number of aromatic carboxylic acids is 1. The third kappa shape index (κ3) is 3.55. The van der Waals surface area contributed by atoms with Gasteiger partial charge in [0, 0.05) is 31.4 Å². The number of hydrogen-bond donors (Lipinski definition) is 1. The standard InChI is InChI=1S/C20H19F3N2O7S/c1-19(2)8-16(31-3)17-12-6-10(32-33(29,30)20(21,22)23)4-5-11(12)14-7-15(26)13(18(27)28)9-24(14)25(17)19/h4-7,9,16-17H,8H2,1-3H3,(H,27,28). The van der Waals surface area contributed by atoms with E-state index in [1.807, 2.05) is 13.8 Å². The Labute approximate surface area is 186 Å². The van der Waals surface area contributed by atoms with Gasteiger partial charge < -0.3 is 14.0 Å². The van der Waals surface area contributed by atoms with E-state index in [0.717, 1.165) is 12.1 Å². The molecule has 3 heterocycles. The number of aromatic nitrogens is 1. The molecule has 2 aliphatic heterocycles. The van der Waals surface area contributed by atoms with E-state index in [4.69, 9.17) is 4.74 Å². The van der Waals surface area contributed by atoms with Gasteiger partial charge in [-0.2, -0.15) is 21.6 Å². The van der Waals surface area contributed by atoms with Crippen LogP contribution in [0.3, 0.4) is 0 Å². The molecular formula is C20H19F3N2O7S. The Kier molecular flexibility index (Phi) is 5.06. The summed E-state index contributed by atoms with van der Waals surface area (Å²) in [5.74, 6) is -1.96. The minimum absolute atomic E-state index is 0.298. The smallest absolute Gasteiger partial charge is 0.477 e. The molecule has 0 spiro atoms. The summed E-state index contributed by atoms with van der Waals surface area (Å²) in [6.45, 7) is 3.72. The Balaban J connectivity index is 1.96. The van der Waals surface area contributed by atoms with E-state index in [-0.39, 0.29) is 0 Å². The van der Waals surface area contributed by atoms with Crippen LogP contribution in [0.5, 0.6) is 5.75 Å². The molecule has 1 aromatic heterocycles. The van der Waals surface area contributed by atoms with Gasteiger partial charge in [-0.25, -0.2) is 4.79 Å². The predicted octanol–water partition coefficient (Wildman–Crippen LogP) is 2.63. The van der Waals surface area contributed by atoms with Crippen LogP contribution in [0, 0.1) is 0 Å². The maximum Gasteiger partial charge on any atom is 0.534 e. The zero-order valence-corrected chi connectivity index (χ0v) is 18.4. The Morgan fingerprint density at radius 2 is 1.91 bits per heavy atom. The van der Waals surface area contributed by atoms with E-state index in [0.29, 0.717) is 23.2 Å². The highest BCUT2D eigenvalue weighted by atomic mass is 32.2. The average Bonchev–Trinajstić information content (AvgIpc) is 2.97. The minimum atomic E-state index is -5.89. The molecule has 1 saturated heterocycles. The molecule has 4 rings (SSSR count). The molecule has 0 bridgehead atoms. The van der Waals surface area contributed by atoms with Crippen molar-refractivity contribution in [2.24, 2.45) is 0 Å². The van der Waals surface area contributed by atoms with Crippen LogP contribution in [0.25, 0.3) is 11.3 Å². The molecule has 9 nitrogen and oxygen atoms in total. The van der Waals surface area contributed by atoms with Crippen molar-refractivity contribution in [3.8, 4) is 17.0 Å². The van der Waals surface area contributed by atoms with Crippen molar-refractivity contribution in [3.63, 3.8) is 0 Å². The third-order valence-electron chi connectivity index (χ3n) is 5.84. The molecule has 33 heavy (non-hydrogen) atoms. The topological polar surface area (TPSA) is 115 Å². The maximum atomic E-state index is 12.8. The van der Waals surface area contributed by atoms with Crippen LogP contribution in [-0.4, -0.2) is 48.4 Å². The maximum absolute atomic E-state index is 12.8. The van der Waals surface area contributed by atoms with Gasteiger partial charge in [0.2, 0.25) is 0 Å². The van der Waals surface area contributed by atoms with Crippen molar-refractivity contribution in [1.82, 2.24) is 4.68 Å². The Hall–Kier alpha value is -3.06. The van der Waals surface area contributed by atoms with Crippen LogP contribution in [-0.2, 0) is 14.9 Å². The number of methoxy groups -OCH3 is 1. The lowest BCUT2D eigenvalue weighted by atomic mass is 9.92. The van der Waals surface area contributed by atoms with Gasteiger partial charge in [-0.15, -0.1) is 0 Å². The minimum Gasteiger partial charge on any atom is -0.477 e. The third-order valence-corrected chi connectivity index (χ3v) is 6.82. The quantitative estimate of drug-likeness (QED) is 0.516. The summed E-state index contributed by atoms with van der Waals surface area (Å²) in [4.78, 5) is 24.0. The molecule has 1 N–H and O–H groups in total. The second kappa shape index (κ2) is 7.22. The van der Waals surface area contributed by atoms with Crippen LogP contribution in [0.2, 0.25) is 0 Å². The highest BCUT2D eigenvalue weighted by molar-refractivity contribution is 7.88. The summed E-state index contributed by atoms with van der Waals surface area (Å²) < 4.78 is 72.9. The summed E-state index contributed by atoms with van der Waals surface area (Å²) in [5.41, 5.74) is -6.35. The summed E-state index contributed by atoms with van der Waals surface area (Å²) >= 11 is 0. The summed E-state index contributed by atoms with van der Waals surface area (Å²) in [6.07, 6.45) is 1.18. The van der Waals surface area contributed by atoms with E-state index in [1.165, 1.54) is 30.1 Å². The molecule has 0 saturated carbocycles. The van der Waals surface area contributed by atoms with Gasteiger partial charge in [0.25, 0.3) is 0 Å². The normalized spacial score (nSPS) is 21.2. The van der Waals surface area contributed by atoms with Crippen LogP contribution >= 0.6 is 0 Å². The highest BCUT2D eigenvalue weighted by Crippen LogP contribution is 2.49. The van der Waals surface area contributed by atoms with E-state index in [2.05, 4.69) is 4.18 Å². The van der Waals surface area contributed by atoms with Crippen LogP contribution in [0.4, 0.5) is 13.2 Å². The lowest BCUT2D eigenvalue weighted by molar-refractivity contribution is -0.0500. The molecule has 2 aliphatic rings. The SMILES string of the molecule is COC1CC(C)(C)N2C1c1cc(OS(=O)(=O)C(F)(F)F)ccc1-c1cc(=O)c(C(=O)O)cn12. The molecule has 2 aromatic rings. The van der Waals surface area contributed by atoms with Crippen LogP contribution < -0.4 is 14.6 Å². The number of alkyl halides is 3. The van der Waals surface area contributed by atoms with E-state index in [9.17, 15) is 36.3 Å².